The van der Waals surface area contributed by atoms with Crippen molar-refractivity contribution in [3.63, 3.8) is 0 Å². The first-order chi connectivity index (χ1) is 12.1. The van der Waals surface area contributed by atoms with Crippen molar-refractivity contribution in [2.45, 2.75) is 26.5 Å². The smallest absolute Gasteiger partial charge is 0.159 e. The number of aromatic nitrogens is 4. The average molecular weight is 338 g/mol. The maximum Gasteiger partial charge on any atom is 0.159 e. The molecule has 0 radical (unpaired) electrons. The van der Waals surface area contributed by atoms with Crippen LogP contribution in [0.25, 0.3) is 5.65 Å². The summed E-state index contributed by atoms with van der Waals surface area (Å²) in [5.41, 5.74) is 10.9. The zero-order valence-corrected chi connectivity index (χ0v) is 14.5. The second-order valence-corrected chi connectivity index (χ2v) is 6.53. The minimum Gasteiger partial charge on any atom is -0.384 e. The number of fused-ring (bicyclic) bond motifs is 1. The Morgan fingerprint density at radius 3 is 3.00 bits per heavy atom. The second kappa shape index (κ2) is 6.42. The van der Waals surface area contributed by atoms with Gasteiger partial charge in [0.05, 0.1) is 18.5 Å². The standard InChI is InChI=1S/C18H22N6O/c1-12-8-13(2)24-18(21-12)14(9-20-24)10-23-6-7-25-16(11-23)15-4-3-5-17(19)22-15/h3-5,8-9,16H,6-7,10-11H2,1-2H3,(H2,19,22). The van der Waals surface area contributed by atoms with Crippen LogP contribution in [0.15, 0.2) is 30.5 Å². The lowest BCUT2D eigenvalue weighted by atomic mass is 10.1. The molecule has 3 aromatic heterocycles. The summed E-state index contributed by atoms with van der Waals surface area (Å²) in [7, 11) is 0. The molecule has 0 aliphatic carbocycles. The molecule has 7 heteroatoms. The average Bonchev–Trinajstić information content (AvgIpc) is 2.98. The highest BCUT2D eigenvalue weighted by Gasteiger charge is 2.24. The monoisotopic (exact) mass is 338 g/mol. The SMILES string of the molecule is Cc1cc(C)n2ncc(CN3CCOC(c4cccc(N)n4)C3)c2n1. The van der Waals surface area contributed by atoms with Crippen LogP contribution in [0.2, 0.25) is 0 Å². The number of ether oxygens (including phenoxy) is 1. The Labute approximate surface area is 146 Å². The minimum atomic E-state index is -0.0597. The van der Waals surface area contributed by atoms with Gasteiger partial charge in [-0.3, -0.25) is 4.90 Å². The molecule has 25 heavy (non-hydrogen) atoms. The van der Waals surface area contributed by atoms with Gasteiger partial charge in [0.15, 0.2) is 5.65 Å². The molecule has 4 rings (SSSR count). The predicted molar refractivity (Wildman–Crippen MR) is 95.1 cm³/mol. The van der Waals surface area contributed by atoms with Crippen LogP contribution in [0.1, 0.15) is 28.7 Å². The third-order valence-electron chi connectivity index (χ3n) is 4.52. The van der Waals surface area contributed by atoms with Crippen molar-refractivity contribution < 1.29 is 4.74 Å². The molecule has 2 N–H and O–H groups in total. The third-order valence-corrected chi connectivity index (χ3v) is 4.52. The fourth-order valence-corrected chi connectivity index (χ4v) is 3.34. The molecule has 4 heterocycles. The molecule has 0 amide bonds. The molecule has 0 aromatic carbocycles. The molecule has 0 bridgehead atoms. The molecule has 130 valence electrons. The molecule has 3 aromatic rings. The summed E-state index contributed by atoms with van der Waals surface area (Å²) in [4.78, 5) is 11.4. The Kier molecular flexibility index (Phi) is 4.10. The second-order valence-electron chi connectivity index (χ2n) is 6.53. The quantitative estimate of drug-likeness (QED) is 0.785. The van der Waals surface area contributed by atoms with Crippen LogP contribution in [0.5, 0.6) is 0 Å². The number of pyridine rings is 1. The maximum atomic E-state index is 5.90. The van der Waals surface area contributed by atoms with Gasteiger partial charge in [-0.2, -0.15) is 5.10 Å². The lowest BCUT2D eigenvalue weighted by Crippen LogP contribution is -2.38. The van der Waals surface area contributed by atoms with Crippen LogP contribution < -0.4 is 5.73 Å². The molecule has 0 spiro atoms. The fourth-order valence-electron chi connectivity index (χ4n) is 3.34. The van der Waals surface area contributed by atoms with E-state index in [1.165, 1.54) is 0 Å². The van der Waals surface area contributed by atoms with Crippen molar-refractivity contribution >= 4 is 11.5 Å². The van der Waals surface area contributed by atoms with Crippen LogP contribution in [-0.4, -0.2) is 44.2 Å². The highest BCUT2D eigenvalue weighted by Crippen LogP contribution is 2.23. The van der Waals surface area contributed by atoms with E-state index in [0.29, 0.717) is 12.4 Å². The van der Waals surface area contributed by atoms with Crippen molar-refractivity contribution in [2.75, 3.05) is 25.4 Å². The number of anilines is 1. The van der Waals surface area contributed by atoms with E-state index >= 15 is 0 Å². The Bertz CT molecular complexity index is 906. The number of hydrogen-bond acceptors (Lipinski definition) is 6. The molecule has 1 fully saturated rings. The number of aryl methyl sites for hydroxylation is 2. The van der Waals surface area contributed by atoms with Crippen LogP contribution in [0.3, 0.4) is 0 Å². The van der Waals surface area contributed by atoms with E-state index in [1.807, 2.05) is 35.8 Å². The van der Waals surface area contributed by atoms with Gasteiger partial charge in [0.2, 0.25) is 0 Å². The minimum absolute atomic E-state index is 0.0597. The summed E-state index contributed by atoms with van der Waals surface area (Å²) < 4.78 is 7.80. The van der Waals surface area contributed by atoms with E-state index in [2.05, 4.69) is 26.9 Å². The van der Waals surface area contributed by atoms with E-state index in [9.17, 15) is 0 Å². The summed E-state index contributed by atoms with van der Waals surface area (Å²) in [6, 6.07) is 7.72. The Balaban J connectivity index is 1.55. The highest BCUT2D eigenvalue weighted by atomic mass is 16.5. The van der Waals surface area contributed by atoms with Crippen LogP contribution >= 0.6 is 0 Å². The first-order valence-corrected chi connectivity index (χ1v) is 8.47. The van der Waals surface area contributed by atoms with E-state index in [4.69, 9.17) is 10.5 Å². The van der Waals surface area contributed by atoms with Crippen molar-refractivity contribution in [1.82, 2.24) is 24.5 Å². The zero-order chi connectivity index (χ0) is 17.4. The molecule has 1 aliphatic rings. The van der Waals surface area contributed by atoms with Crippen LogP contribution in [-0.2, 0) is 11.3 Å². The molecular weight excluding hydrogens is 316 g/mol. The van der Waals surface area contributed by atoms with Gasteiger partial charge in [0.1, 0.15) is 11.9 Å². The molecule has 1 aliphatic heterocycles. The van der Waals surface area contributed by atoms with Gasteiger partial charge < -0.3 is 10.5 Å². The third kappa shape index (κ3) is 3.20. The Morgan fingerprint density at radius 2 is 2.16 bits per heavy atom. The molecular formula is C18H22N6O. The summed E-state index contributed by atoms with van der Waals surface area (Å²) in [5.74, 6) is 0.524. The number of rotatable bonds is 3. The lowest BCUT2D eigenvalue weighted by molar-refractivity contribution is -0.0348. The number of morpholine rings is 1. The molecule has 1 atom stereocenters. The first kappa shape index (κ1) is 16.0. The normalized spacial score (nSPS) is 18.7. The molecule has 1 unspecified atom stereocenters. The van der Waals surface area contributed by atoms with E-state index in [0.717, 1.165) is 47.9 Å². The zero-order valence-electron chi connectivity index (χ0n) is 14.5. The Hall–Kier alpha value is -2.51. The van der Waals surface area contributed by atoms with Gasteiger partial charge in [0.25, 0.3) is 0 Å². The maximum absolute atomic E-state index is 5.90. The largest absolute Gasteiger partial charge is 0.384 e. The topological polar surface area (TPSA) is 81.6 Å². The Morgan fingerprint density at radius 1 is 1.28 bits per heavy atom. The number of nitrogen functional groups attached to an aromatic ring is 1. The molecule has 1 saturated heterocycles. The molecule has 7 nitrogen and oxygen atoms in total. The summed E-state index contributed by atoms with van der Waals surface area (Å²) >= 11 is 0. The number of nitrogens with zero attached hydrogens (tertiary/aromatic N) is 5. The fraction of sp³-hybridized carbons (Fsp3) is 0.389. The lowest BCUT2D eigenvalue weighted by Gasteiger charge is -2.32. The van der Waals surface area contributed by atoms with Crippen molar-refractivity contribution in [2.24, 2.45) is 0 Å². The highest BCUT2D eigenvalue weighted by molar-refractivity contribution is 5.47. The molecule has 0 saturated carbocycles. The number of nitrogens with two attached hydrogens (primary N) is 1. The van der Waals surface area contributed by atoms with Gasteiger partial charge in [-0.25, -0.2) is 14.5 Å². The predicted octanol–water partition coefficient (Wildman–Crippen LogP) is 1.90. The van der Waals surface area contributed by atoms with Crippen LogP contribution in [0, 0.1) is 13.8 Å². The van der Waals surface area contributed by atoms with Gasteiger partial charge in [-0.15, -0.1) is 0 Å². The summed E-state index contributed by atoms with van der Waals surface area (Å²) in [6.45, 7) is 7.18. The van der Waals surface area contributed by atoms with Gasteiger partial charge >= 0.3 is 0 Å². The van der Waals surface area contributed by atoms with Crippen molar-refractivity contribution in [3.05, 3.63) is 53.1 Å². The number of hydrogen-bond donors (Lipinski definition) is 1. The van der Waals surface area contributed by atoms with Gasteiger partial charge in [0, 0.05) is 36.6 Å². The van der Waals surface area contributed by atoms with Crippen molar-refractivity contribution in [3.8, 4) is 0 Å². The summed E-state index contributed by atoms with van der Waals surface area (Å²) in [6.07, 6.45) is 1.85. The van der Waals surface area contributed by atoms with E-state index in [1.54, 1.807) is 6.07 Å². The van der Waals surface area contributed by atoms with Crippen molar-refractivity contribution in [1.29, 1.82) is 0 Å². The van der Waals surface area contributed by atoms with Crippen LogP contribution in [0.4, 0.5) is 5.82 Å². The van der Waals surface area contributed by atoms with Gasteiger partial charge in [-0.05, 0) is 32.0 Å². The van der Waals surface area contributed by atoms with Gasteiger partial charge in [-0.1, -0.05) is 6.07 Å². The van der Waals surface area contributed by atoms with E-state index in [-0.39, 0.29) is 6.10 Å². The van der Waals surface area contributed by atoms with E-state index < -0.39 is 0 Å². The summed E-state index contributed by atoms with van der Waals surface area (Å²) in [5, 5.41) is 4.48. The first-order valence-electron chi connectivity index (χ1n) is 8.47.